The van der Waals surface area contributed by atoms with E-state index < -0.39 is 6.04 Å². The molecule has 1 aliphatic rings. The molecule has 1 fully saturated rings. The fourth-order valence-electron chi connectivity index (χ4n) is 2.28. The van der Waals surface area contributed by atoms with E-state index in [1.165, 1.54) is 0 Å². The molecular formula is C13H27ClN2O2. The third-order valence-electron chi connectivity index (χ3n) is 3.70. The lowest BCUT2D eigenvalue weighted by atomic mass is 9.90. The van der Waals surface area contributed by atoms with Gasteiger partial charge in [0.15, 0.2) is 0 Å². The number of aliphatic hydroxyl groups is 1. The van der Waals surface area contributed by atoms with E-state index in [-0.39, 0.29) is 35.8 Å². The standard InChI is InChI=1S/C13H26N2O2.ClH/c1-4-5-10(14)12(17)15-8-13(6-7-13)11(16)9(2)3;/h9-11,16H,4-8,14H2,1-3H3,(H,15,17);1H. The first-order valence-corrected chi connectivity index (χ1v) is 6.64. The van der Waals surface area contributed by atoms with Crippen LogP contribution >= 0.6 is 12.4 Å². The molecule has 0 heterocycles. The Bertz CT molecular complexity index is 268. The summed E-state index contributed by atoms with van der Waals surface area (Å²) in [7, 11) is 0. The molecular weight excluding hydrogens is 252 g/mol. The van der Waals surface area contributed by atoms with E-state index in [1.807, 2.05) is 20.8 Å². The van der Waals surface area contributed by atoms with Crippen LogP contribution in [0.1, 0.15) is 46.5 Å². The Kier molecular flexibility index (Phi) is 7.18. The molecule has 1 rings (SSSR count). The van der Waals surface area contributed by atoms with Gasteiger partial charge in [0.05, 0.1) is 12.1 Å². The molecule has 2 unspecified atom stereocenters. The molecule has 0 aliphatic heterocycles. The van der Waals surface area contributed by atoms with E-state index in [1.54, 1.807) is 0 Å². The highest BCUT2D eigenvalue weighted by Crippen LogP contribution is 2.50. The van der Waals surface area contributed by atoms with E-state index >= 15 is 0 Å². The van der Waals surface area contributed by atoms with E-state index in [4.69, 9.17) is 5.73 Å². The maximum atomic E-state index is 11.7. The molecule has 2 atom stereocenters. The van der Waals surface area contributed by atoms with Gasteiger partial charge in [-0.25, -0.2) is 0 Å². The maximum absolute atomic E-state index is 11.7. The summed E-state index contributed by atoms with van der Waals surface area (Å²) in [5, 5.41) is 13.0. The van der Waals surface area contributed by atoms with Crippen LogP contribution in [0.4, 0.5) is 0 Å². The quantitative estimate of drug-likeness (QED) is 0.660. The molecule has 1 aliphatic carbocycles. The van der Waals surface area contributed by atoms with Crippen molar-refractivity contribution in [3.05, 3.63) is 0 Å². The van der Waals surface area contributed by atoms with Gasteiger partial charge in [-0.15, -0.1) is 12.4 Å². The Hall–Kier alpha value is -0.320. The minimum atomic E-state index is -0.410. The smallest absolute Gasteiger partial charge is 0.236 e. The van der Waals surface area contributed by atoms with E-state index in [2.05, 4.69) is 5.32 Å². The highest BCUT2D eigenvalue weighted by Gasteiger charge is 2.49. The number of amides is 1. The van der Waals surface area contributed by atoms with Crippen molar-refractivity contribution in [2.45, 2.75) is 58.6 Å². The Morgan fingerprint density at radius 3 is 2.39 bits per heavy atom. The molecule has 0 spiro atoms. The molecule has 0 radical (unpaired) electrons. The molecule has 18 heavy (non-hydrogen) atoms. The third-order valence-corrected chi connectivity index (χ3v) is 3.70. The zero-order valence-corrected chi connectivity index (χ0v) is 12.4. The molecule has 0 bridgehead atoms. The van der Waals surface area contributed by atoms with Crippen molar-refractivity contribution < 1.29 is 9.90 Å². The molecule has 5 heteroatoms. The van der Waals surface area contributed by atoms with Gasteiger partial charge in [0, 0.05) is 12.0 Å². The molecule has 0 aromatic rings. The van der Waals surface area contributed by atoms with Gasteiger partial charge in [-0.3, -0.25) is 4.79 Å². The summed E-state index contributed by atoms with van der Waals surface area (Å²) in [6.45, 7) is 6.59. The van der Waals surface area contributed by atoms with Crippen molar-refractivity contribution in [2.75, 3.05) is 6.54 Å². The summed E-state index contributed by atoms with van der Waals surface area (Å²) in [5.41, 5.74) is 5.65. The van der Waals surface area contributed by atoms with Gasteiger partial charge in [-0.2, -0.15) is 0 Å². The van der Waals surface area contributed by atoms with Crippen molar-refractivity contribution in [1.29, 1.82) is 0 Å². The second-order valence-electron chi connectivity index (χ2n) is 5.66. The van der Waals surface area contributed by atoms with Gasteiger partial charge in [0.1, 0.15) is 0 Å². The van der Waals surface area contributed by atoms with Crippen LogP contribution in [0, 0.1) is 11.3 Å². The lowest BCUT2D eigenvalue weighted by molar-refractivity contribution is -0.123. The van der Waals surface area contributed by atoms with E-state index in [0.717, 1.165) is 19.3 Å². The third kappa shape index (κ3) is 4.41. The molecule has 0 aromatic heterocycles. The van der Waals surface area contributed by atoms with Crippen LogP contribution in [-0.2, 0) is 4.79 Å². The fourth-order valence-corrected chi connectivity index (χ4v) is 2.28. The summed E-state index contributed by atoms with van der Waals surface area (Å²) < 4.78 is 0. The number of hydrogen-bond acceptors (Lipinski definition) is 3. The normalized spacial score (nSPS) is 19.9. The zero-order chi connectivity index (χ0) is 13.1. The van der Waals surface area contributed by atoms with E-state index in [9.17, 15) is 9.90 Å². The maximum Gasteiger partial charge on any atom is 0.236 e. The van der Waals surface area contributed by atoms with Crippen LogP contribution in [0.2, 0.25) is 0 Å². The van der Waals surface area contributed by atoms with Gasteiger partial charge >= 0.3 is 0 Å². The van der Waals surface area contributed by atoms with Crippen molar-refractivity contribution in [3.8, 4) is 0 Å². The van der Waals surface area contributed by atoms with Crippen LogP contribution in [0.25, 0.3) is 0 Å². The van der Waals surface area contributed by atoms with Crippen LogP contribution in [-0.4, -0.2) is 29.7 Å². The molecule has 0 saturated heterocycles. The Balaban J connectivity index is 0.00000289. The summed E-state index contributed by atoms with van der Waals surface area (Å²) in [6.07, 6.45) is 3.29. The Labute approximate surface area is 116 Å². The zero-order valence-electron chi connectivity index (χ0n) is 11.6. The number of aliphatic hydroxyl groups excluding tert-OH is 1. The molecule has 4 nitrogen and oxygen atoms in total. The Morgan fingerprint density at radius 2 is 2.00 bits per heavy atom. The minimum Gasteiger partial charge on any atom is -0.392 e. The van der Waals surface area contributed by atoms with Crippen molar-refractivity contribution in [2.24, 2.45) is 17.1 Å². The first kappa shape index (κ1) is 17.7. The average Bonchev–Trinajstić information content (AvgIpc) is 3.06. The van der Waals surface area contributed by atoms with Crippen LogP contribution in [0.3, 0.4) is 0 Å². The predicted molar refractivity (Wildman–Crippen MR) is 75.7 cm³/mol. The number of carbonyl (C=O) groups excluding carboxylic acids is 1. The number of nitrogens with one attached hydrogen (secondary N) is 1. The van der Waals surface area contributed by atoms with Gasteiger partial charge in [-0.05, 0) is 25.2 Å². The summed E-state index contributed by atoms with van der Waals surface area (Å²) in [4.78, 5) is 11.7. The first-order chi connectivity index (χ1) is 7.93. The number of nitrogens with two attached hydrogens (primary N) is 1. The fraction of sp³-hybridized carbons (Fsp3) is 0.923. The van der Waals surface area contributed by atoms with Gasteiger partial charge in [0.25, 0.3) is 0 Å². The first-order valence-electron chi connectivity index (χ1n) is 6.64. The molecule has 108 valence electrons. The highest BCUT2D eigenvalue weighted by molar-refractivity contribution is 5.85. The lowest BCUT2D eigenvalue weighted by Crippen LogP contribution is -2.45. The number of hydrogen-bond donors (Lipinski definition) is 3. The Morgan fingerprint density at radius 1 is 1.44 bits per heavy atom. The SMILES string of the molecule is CCCC(N)C(=O)NCC1(C(O)C(C)C)CC1.Cl. The summed E-state index contributed by atoms with van der Waals surface area (Å²) in [5.74, 6) is 0.146. The molecule has 1 saturated carbocycles. The number of halogens is 1. The average molecular weight is 279 g/mol. The molecule has 4 N–H and O–H groups in total. The topological polar surface area (TPSA) is 75.4 Å². The van der Waals surface area contributed by atoms with Crippen molar-refractivity contribution in [1.82, 2.24) is 5.32 Å². The monoisotopic (exact) mass is 278 g/mol. The molecule has 0 aromatic carbocycles. The lowest BCUT2D eigenvalue weighted by Gasteiger charge is -2.26. The second-order valence-corrected chi connectivity index (χ2v) is 5.66. The molecule has 1 amide bonds. The predicted octanol–water partition coefficient (Wildman–Crippen LogP) is 1.45. The van der Waals surface area contributed by atoms with Gasteiger partial charge in [-0.1, -0.05) is 27.2 Å². The van der Waals surface area contributed by atoms with Crippen molar-refractivity contribution >= 4 is 18.3 Å². The minimum absolute atomic E-state index is 0. The summed E-state index contributed by atoms with van der Waals surface area (Å²) >= 11 is 0. The van der Waals surface area contributed by atoms with Crippen molar-refractivity contribution in [3.63, 3.8) is 0 Å². The van der Waals surface area contributed by atoms with Crippen LogP contribution < -0.4 is 11.1 Å². The van der Waals surface area contributed by atoms with Crippen LogP contribution in [0.15, 0.2) is 0 Å². The number of rotatable bonds is 7. The summed E-state index contributed by atoms with van der Waals surface area (Å²) in [6, 6.07) is -0.410. The van der Waals surface area contributed by atoms with Gasteiger partial charge < -0.3 is 16.2 Å². The van der Waals surface area contributed by atoms with E-state index in [0.29, 0.717) is 13.0 Å². The highest BCUT2D eigenvalue weighted by atomic mass is 35.5. The van der Waals surface area contributed by atoms with Crippen LogP contribution in [0.5, 0.6) is 0 Å². The second kappa shape index (κ2) is 7.31. The largest absolute Gasteiger partial charge is 0.392 e. The van der Waals surface area contributed by atoms with Gasteiger partial charge in [0.2, 0.25) is 5.91 Å². The number of carbonyl (C=O) groups is 1.